The lowest BCUT2D eigenvalue weighted by molar-refractivity contribution is 0.0520. The quantitative estimate of drug-likeness (QED) is 0.670. The van der Waals surface area contributed by atoms with Crippen LogP contribution in [0, 0.1) is 0 Å². The van der Waals surface area contributed by atoms with Crippen LogP contribution in [-0.2, 0) is 4.74 Å². The molecule has 0 unspecified atom stereocenters. The van der Waals surface area contributed by atoms with Crippen molar-refractivity contribution in [3.05, 3.63) is 46.8 Å². The number of ether oxygens (including phenoxy) is 1. The van der Waals surface area contributed by atoms with Gasteiger partial charge in [-0.05, 0) is 13.0 Å². The van der Waals surface area contributed by atoms with Gasteiger partial charge in [-0.2, -0.15) is 0 Å². The van der Waals surface area contributed by atoms with Crippen LogP contribution >= 0.6 is 27.3 Å². The summed E-state index contributed by atoms with van der Waals surface area (Å²) in [5.41, 5.74) is 1.46. The molecule has 0 radical (unpaired) electrons. The van der Waals surface area contributed by atoms with Gasteiger partial charge in [-0.1, -0.05) is 45.5 Å². The van der Waals surface area contributed by atoms with Gasteiger partial charge in [0.25, 0.3) is 0 Å². The van der Waals surface area contributed by atoms with Crippen LogP contribution in [0.2, 0.25) is 0 Å². The molecule has 102 valence electrons. The zero-order valence-corrected chi connectivity index (χ0v) is 13.1. The predicted molar refractivity (Wildman–Crippen MR) is 82.2 cm³/mol. The lowest BCUT2D eigenvalue weighted by Gasteiger charge is -1.99. The lowest BCUT2D eigenvalue weighted by Crippen LogP contribution is -2.04. The fourth-order valence-electron chi connectivity index (χ4n) is 1.88. The molecule has 0 aliphatic carbocycles. The molecule has 0 amide bonds. The van der Waals surface area contributed by atoms with Crippen molar-refractivity contribution in [3.8, 4) is 10.4 Å². The number of thiazole rings is 1. The van der Waals surface area contributed by atoms with E-state index >= 15 is 0 Å². The van der Waals surface area contributed by atoms with E-state index in [4.69, 9.17) is 4.74 Å². The minimum Gasteiger partial charge on any atom is -0.461 e. The minimum absolute atomic E-state index is 0.344. The number of nitrogens with zero attached hydrogens (tertiary/aromatic N) is 2. The number of aromatic nitrogens is 2. The molecule has 0 aliphatic rings. The van der Waals surface area contributed by atoms with Gasteiger partial charge >= 0.3 is 5.97 Å². The zero-order chi connectivity index (χ0) is 14.1. The highest BCUT2D eigenvalue weighted by Gasteiger charge is 2.14. The second kappa shape index (κ2) is 5.38. The number of halogens is 1. The molecule has 0 fully saturated rings. The minimum atomic E-state index is -0.383. The van der Waals surface area contributed by atoms with Gasteiger partial charge in [0, 0.05) is 22.4 Å². The van der Waals surface area contributed by atoms with Gasteiger partial charge in [-0.3, -0.25) is 4.40 Å². The number of esters is 1. The molecule has 3 aromatic rings. The van der Waals surface area contributed by atoms with E-state index in [1.165, 1.54) is 11.3 Å². The topological polar surface area (TPSA) is 43.6 Å². The predicted octanol–water partition coefficient (Wildman–Crippen LogP) is 4.00. The first-order valence-electron chi connectivity index (χ1n) is 6.09. The van der Waals surface area contributed by atoms with Gasteiger partial charge in [0.15, 0.2) is 10.7 Å². The smallest absolute Gasteiger partial charge is 0.358 e. The van der Waals surface area contributed by atoms with E-state index in [9.17, 15) is 4.79 Å². The van der Waals surface area contributed by atoms with Crippen LogP contribution < -0.4 is 0 Å². The van der Waals surface area contributed by atoms with E-state index in [1.807, 2.05) is 34.9 Å². The second-order valence-electron chi connectivity index (χ2n) is 4.11. The molecule has 3 rings (SSSR count). The van der Waals surface area contributed by atoms with Crippen molar-refractivity contribution >= 4 is 38.2 Å². The SMILES string of the molecule is CCOC(=O)c1cn2cc(-c3ccccc3Br)sc2n1. The van der Waals surface area contributed by atoms with Gasteiger partial charge in [0.05, 0.1) is 11.5 Å². The van der Waals surface area contributed by atoms with Crippen LogP contribution in [0.25, 0.3) is 15.4 Å². The number of carbonyl (C=O) groups excluding carboxylic acids is 1. The summed E-state index contributed by atoms with van der Waals surface area (Å²) in [6.07, 6.45) is 3.67. The summed E-state index contributed by atoms with van der Waals surface area (Å²) in [4.78, 5) is 17.8. The van der Waals surface area contributed by atoms with E-state index in [-0.39, 0.29) is 5.97 Å². The van der Waals surface area contributed by atoms with E-state index < -0.39 is 0 Å². The molecule has 0 aliphatic heterocycles. The number of hydrogen-bond acceptors (Lipinski definition) is 4. The average Bonchev–Trinajstić information content (AvgIpc) is 2.97. The van der Waals surface area contributed by atoms with Crippen molar-refractivity contribution < 1.29 is 9.53 Å². The average molecular weight is 351 g/mol. The van der Waals surface area contributed by atoms with Gasteiger partial charge < -0.3 is 4.74 Å². The fraction of sp³-hybridized carbons (Fsp3) is 0.143. The summed E-state index contributed by atoms with van der Waals surface area (Å²) in [5.74, 6) is -0.383. The molecular weight excluding hydrogens is 340 g/mol. The van der Waals surface area contributed by atoms with Crippen LogP contribution in [0.3, 0.4) is 0 Å². The Morgan fingerprint density at radius 2 is 2.20 bits per heavy atom. The molecule has 0 spiro atoms. The highest BCUT2D eigenvalue weighted by atomic mass is 79.9. The summed E-state index contributed by atoms with van der Waals surface area (Å²) in [6, 6.07) is 8.02. The maximum atomic E-state index is 11.6. The number of hydrogen-bond donors (Lipinski definition) is 0. The van der Waals surface area contributed by atoms with E-state index in [0.29, 0.717) is 12.3 Å². The monoisotopic (exact) mass is 350 g/mol. The Kier molecular flexibility index (Phi) is 3.58. The highest BCUT2D eigenvalue weighted by molar-refractivity contribution is 9.10. The molecule has 0 N–H and O–H groups in total. The maximum Gasteiger partial charge on any atom is 0.358 e. The largest absolute Gasteiger partial charge is 0.461 e. The third-order valence-electron chi connectivity index (χ3n) is 2.78. The Hall–Kier alpha value is -1.66. The molecule has 0 saturated carbocycles. The lowest BCUT2D eigenvalue weighted by atomic mass is 10.2. The summed E-state index contributed by atoms with van der Waals surface area (Å²) < 4.78 is 7.83. The van der Waals surface area contributed by atoms with Crippen molar-refractivity contribution in [3.63, 3.8) is 0 Å². The van der Waals surface area contributed by atoms with Crippen LogP contribution in [0.15, 0.2) is 41.1 Å². The van der Waals surface area contributed by atoms with Crippen LogP contribution in [0.1, 0.15) is 17.4 Å². The van der Waals surface area contributed by atoms with Crippen molar-refractivity contribution in [2.45, 2.75) is 6.92 Å². The Balaban J connectivity index is 1.99. The third-order valence-corrected chi connectivity index (χ3v) is 4.50. The zero-order valence-electron chi connectivity index (χ0n) is 10.7. The fourth-order valence-corrected chi connectivity index (χ4v) is 3.52. The van der Waals surface area contributed by atoms with E-state index in [2.05, 4.69) is 20.9 Å². The Labute approximate surface area is 128 Å². The Morgan fingerprint density at radius 3 is 2.90 bits per heavy atom. The van der Waals surface area contributed by atoms with E-state index in [0.717, 1.165) is 19.9 Å². The number of rotatable bonds is 3. The normalized spacial score (nSPS) is 10.9. The van der Waals surface area contributed by atoms with Crippen molar-refractivity contribution in [2.75, 3.05) is 6.61 Å². The molecule has 2 aromatic heterocycles. The first-order valence-corrected chi connectivity index (χ1v) is 7.70. The van der Waals surface area contributed by atoms with Crippen LogP contribution in [-0.4, -0.2) is 22.0 Å². The van der Waals surface area contributed by atoms with Gasteiger partial charge in [0.1, 0.15) is 0 Å². The molecule has 0 atom stereocenters. The number of carbonyl (C=O) groups is 1. The van der Waals surface area contributed by atoms with Crippen LogP contribution in [0.5, 0.6) is 0 Å². The van der Waals surface area contributed by atoms with Gasteiger partial charge in [0.2, 0.25) is 0 Å². The number of benzene rings is 1. The standard InChI is InChI=1S/C14H11BrN2O2S/c1-2-19-13(18)11-7-17-8-12(20-14(17)16-11)9-5-3-4-6-10(9)15/h3-8H,2H2,1H3. The molecule has 6 heteroatoms. The summed E-state index contributed by atoms with van der Waals surface area (Å²) in [5, 5.41) is 0. The first kappa shape index (κ1) is 13.3. The molecule has 2 heterocycles. The molecular formula is C14H11BrN2O2S. The molecule has 0 saturated heterocycles. The summed E-state index contributed by atoms with van der Waals surface area (Å²) in [7, 11) is 0. The Bertz CT molecular complexity index is 747. The molecule has 20 heavy (non-hydrogen) atoms. The van der Waals surface area contributed by atoms with Gasteiger partial charge in [-0.15, -0.1) is 0 Å². The number of fused-ring (bicyclic) bond motifs is 1. The highest BCUT2D eigenvalue weighted by Crippen LogP contribution is 2.33. The second-order valence-corrected chi connectivity index (χ2v) is 5.98. The van der Waals surface area contributed by atoms with Crippen molar-refractivity contribution in [1.29, 1.82) is 0 Å². The maximum absolute atomic E-state index is 11.6. The summed E-state index contributed by atoms with van der Waals surface area (Å²) >= 11 is 5.07. The van der Waals surface area contributed by atoms with Gasteiger partial charge in [-0.25, -0.2) is 9.78 Å². The molecule has 4 nitrogen and oxygen atoms in total. The summed E-state index contributed by atoms with van der Waals surface area (Å²) in [6.45, 7) is 2.13. The third kappa shape index (κ3) is 2.36. The first-order chi connectivity index (χ1) is 9.69. The van der Waals surface area contributed by atoms with Crippen molar-refractivity contribution in [2.24, 2.45) is 0 Å². The Morgan fingerprint density at radius 1 is 1.40 bits per heavy atom. The number of imidazole rings is 1. The van der Waals surface area contributed by atoms with Crippen LogP contribution in [0.4, 0.5) is 0 Å². The molecule has 0 bridgehead atoms. The van der Waals surface area contributed by atoms with E-state index in [1.54, 1.807) is 13.1 Å². The molecule has 1 aromatic carbocycles. The van der Waals surface area contributed by atoms with Crippen molar-refractivity contribution in [1.82, 2.24) is 9.38 Å².